The minimum Gasteiger partial charge on any atom is -0.365 e. The number of fused-ring (bicyclic) bond motifs is 2. The molecule has 20 heteroatoms. The number of alkyl halides is 7. The normalized spacial score (nSPS) is 12.0. The summed E-state index contributed by atoms with van der Waals surface area (Å²) in [7, 11) is 0. The van der Waals surface area contributed by atoms with Gasteiger partial charge in [-0.3, -0.25) is 23.6 Å². The largest absolute Gasteiger partial charge is 0.471 e. The Balaban J connectivity index is 0.000000187. The number of rotatable bonds is 10. The lowest BCUT2D eigenvalue weighted by molar-refractivity contribution is -0.167. The number of hydrogen-bond acceptors (Lipinski definition) is 8. The van der Waals surface area contributed by atoms with Crippen LogP contribution in [0.3, 0.4) is 0 Å². The Labute approximate surface area is 349 Å². The molecule has 0 aliphatic rings. The van der Waals surface area contributed by atoms with Gasteiger partial charge >= 0.3 is 12.1 Å². The molecule has 0 aliphatic carbocycles. The van der Waals surface area contributed by atoms with Crippen LogP contribution in [0, 0.1) is 13.8 Å². The van der Waals surface area contributed by atoms with E-state index in [1.165, 1.54) is 38.5 Å². The second kappa shape index (κ2) is 17.1. The van der Waals surface area contributed by atoms with Crippen LogP contribution < -0.4 is 10.6 Å². The lowest BCUT2D eigenvalue weighted by Gasteiger charge is -2.21. The van der Waals surface area contributed by atoms with Crippen molar-refractivity contribution in [1.29, 1.82) is 0 Å². The number of aryl methyl sites for hydroxylation is 2. The second-order valence-corrected chi connectivity index (χ2v) is 15.2. The fourth-order valence-electron chi connectivity index (χ4n) is 6.67. The van der Waals surface area contributed by atoms with Crippen LogP contribution in [0.4, 0.5) is 42.4 Å². The summed E-state index contributed by atoms with van der Waals surface area (Å²) in [5, 5.41) is 5.18. The topological polar surface area (TPSA) is 137 Å². The van der Waals surface area contributed by atoms with E-state index >= 15 is 0 Å². The molecule has 0 radical (unpaired) electrons. The van der Waals surface area contributed by atoms with Gasteiger partial charge < -0.3 is 19.8 Å². The number of aromatic nitrogens is 10. The Morgan fingerprint density at radius 3 is 1.52 bits per heavy atom. The standard InChI is InChI=1S/C22H24F2N6.C20H15F5N6O/c1-14-6-5-7-16(27-14)20-21(29(13-26-20)12-17(23)24)15-8-9-18-25-10-19(30(18)11-15)28-22(2,3)4;1-11-3-2-4-13(28-11)17-18(30(10-27-17)9-14(21)22)12-5-6-15-26-7-16(31(15)8-12)29-19(32)20(23,24)25/h5-11,13,17,28H,12H2,1-4H3;2-8,10,14H,9H2,1H3,(H,29,32). The zero-order chi connectivity index (χ0) is 44.5. The number of carbonyl (C=O) groups excluding carboxylic acids is 1. The van der Waals surface area contributed by atoms with Gasteiger partial charge in [0.1, 0.15) is 34.3 Å². The predicted octanol–water partition coefficient (Wildman–Crippen LogP) is 9.38. The first kappa shape index (κ1) is 43.0. The lowest BCUT2D eigenvalue weighted by Crippen LogP contribution is -2.30. The number of amides is 1. The summed E-state index contributed by atoms with van der Waals surface area (Å²) in [5.74, 6) is -1.55. The van der Waals surface area contributed by atoms with Crippen molar-refractivity contribution in [2.45, 2.75) is 72.3 Å². The Bertz CT molecular complexity index is 2870. The van der Waals surface area contributed by atoms with Gasteiger partial charge in [0.15, 0.2) is 0 Å². The van der Waals surface area contributed by atoms with Crippen LogP contribution >= 0.6 is 0 Å². The van der Waals surface area contributed by atoms with Crippen molar-refractivity contribution in [3.8, 4) is 45.3 Å². The zero-order valence-corrected chi connectivity index (χ0v) is 33.8. The molecule has 8 rings (SSSR count). The first-order valence-electron chi connectivity index (χ1n) is 19.0. The molecule has 1 amide bonds. The monoisotopic (exact) mass is 860 g/mol. The van der Waals surface area contributed by atoms with Crippen LogP contribution in [0.1, 0.15) is 32.2 Å². The number of anilines is 2. The zero-order valence-electron chi connectivity index (χ0n) is 33.8. The van der Waals surface area contributed by atoms with E-state index in [0.717, 1.165) is 28.9 Å². The Morgan fingerprint density at radius 2 is 1.10 bits per heavy atom. The number of nitrogens with zero attached hydrogens (tertiary/aromatic N) is 10. The van der Waals surface area contributed by atoms with Crippen molar-refractivity contribution in [1.82, 2.24) is 47.8 Å². The highest BCUT2D eigenvalue weighted by Crippen LogP contribution is 2.34. The Morgan fingerprint density at radius 1 is 0.645 bits per heavy atom. The molecule has 0 spiro atoms. The van der Waals surface area contributed by atoms with Gasteiger partial charge in [0.2, 0.25) is 0 Å². The van der Waals surface area contributed by atoms with Crippen LogP contribution in [0.15, 0.2) is 98.1 Å². The number of hydrogen-bond donors (Lipinski definition) is 2. The molecule has 0 bridgehead atoms. The smallest absolute Gasteiger partial charge is 0.365 e. The van der Waals surface area contributed by atoms with Crippen LogP contribution in [-0.4, -0.2) is 78.3 Å². The lowest BCUT2D eigenvalue weighted by atomic mass is 10.1. The highest BCUT2D eigenvalue weighted by Gasteiger charge is 2.39. The SMILES string of the molecule is Cc1cccc(-c2ncn(CC(F)F)c2-c2ccc3ncc(NC(=O)C(F)(F)F)n3c2)n1.Cc1cccc(-c2ncn(CC(F)F)c2-c2ccc3ncc(NC(C)(C)C)n3c2)n1. The molecule has 322 valence electrons. The molecule has 0 aromatic carbocycles. The molecule has 8 aromatic rings. The third kappa shape index (κ3) is 9.58. The average molecular weight is 861 g/mol. The average Bonchev–Trinajstić information content (AvgIpc) is 3.99. The van der Waals surface area contributed by atoms with E-state index in [4.69, 9.17) is 0 Å². The fourth-order valence-corrected chi connectivity index (χ4v) is 6.67. The summed E-state index contributed by atoms with van der Waals surface area (Å²) in [4.78, 5) is 37.4. The summed E-state index contributed by atoms with van der Waals surface area (Å²) in [6.07, 6.45) is -1.40. The minimum absolute atomic E-state index is 0.153. The van der Waals surface area contributed by atoms with E-state index in [-0.39, 0.29) is 17.0 Å². The van der Waals surface area contributed by atoms with Crippen LogP contribution in [0.25, 0.3) is 56.6 Å². The van der Waals surface area contributed by atoms with Gasteiger partial charge in [-0.15, -0.1) is 0 Å². The van der Waals surface area contributed by atoms with Gasteiger partial charge in [-0.1, -0.05) is 12.1 Å². The van der Waals surface area contributed by atoms with E-state index in [1.54, 1.807) is 42.7 Å². The molecule has 13 nitrogen and oxygen atoms in total. The highest BCUT2D eigenvalue weighted by molar-refractivity contribution is 5.94. The third-order valence-corrected chi connectivity index (χ3v) is 9.17. The van der Waals surface area contributed by atoms with E-state index in [1.807, 2.05) is 47.9 Å². The molecule has 0 atom stereocenters. The van der Waals surface area contributed by atoms with Crippen LogP contribution in [0.5, 0.6) is 0 Å². The first-order chi connectivity index (χ1) is 29.3. The van der Waals surface area contributed by atoms with Gasteiger partial charge in [0.05, 0.1) is 60.9 Å². The van der Waals surface area contributed by atoms with Gasteiger partial charge in [-0.25, -0.2) is 37.5 Å². The van der Waals surface area contributed by atoms with Gasteiger partial charge in [-0.2, -0.15) is 13.2 Å². The number of pyridine rings is 4. The Hall–Kier alpha value is -7.12. The highest BCUT2D eigenvalue weighted by atomic mass is 19.4. The molecule has 0 saturated heterocycles. The molecular weight excluding hydrogens is 822 g/mol. The summed E-state index contributed by atoms with van der Waals surface area (Å²) >= 11 is 0. The van der Waals surface area contributed by atoms with Crippen molar-refractivity contribution >= 4 is 28.8 Å². The molecule has 0 fully saturated rings. The third-order valence-electron chi connectivity index (χ3n) is 9.17. The molecule has 0 saturated carbocycles. The first-order valence-corrected chi connectivity index (χ1v) is 19.0. The van der Waals surface area contributed by atoms with Crippen molar-refractivity contribution in [3.05, 3.63) is 109 Å². The number of carbonyl (C=O) groups is 1. The number of nitrogens with one attached hydrogen (secondary N) is 2. The van der Waals surface area contributed by atoms with Gasteiger partial charge in [0, 0.05) is 40.4 Å². The quantitative estimate of drug-likeness (QED) is 0.130. The molecule has 8 aromatic heterocycles. The molecule has 0 aliphatic heterocycles. The van der Waals surface area contributed by atoms with Gasteiger partial charge in [-0.05, 0) is 83.1 Å². The maximum Gasteiger partial charge on any atom is 0.471 e. The molecule has 0 unspecified atom stereocenters. The molecular formula is C42H39F7N12O. The van der Waals surface area contributed by atoms with Crippen LogP contribution in [0.2, 0.25) is 0 Å². The Kier molecular flexibility index (Phi) is 11.9. The summed E-state index contributed by atoms with van der Waals surface area (Å²) in [5.41, 5.74) is 6.42. The van der Waals surface area contributed by atoms with E-state index < -0.39 is 38.0 Å². The second-order valence-electron chi connectivity index (χ2n) is 15.2. The van der Waals surface area contributed by atoms with E-state index in [2.05, 4.69) is 56.0 Å². The van der Waals surface area contributed by atoms with Crippen molar-refractivity contribution < 1.29 is 35.5 Å². The molecule has 62 heavy (non-hydrogen) atoms. The number of imidazole rings is 4. The van der Waals surface area contributed by atoms with Crippen molar-refractivity contribution in [3.63, 3.8) is 0 Å². The molecule has 8 heterocycles. The fraction of sp³-hybridized carbons (Fsp3) is 0.262. The summed E-state index contributed by atoms with van der Waals surface area (Å²) in [6.45, 7) is 8.77. The maximum atomic E-state index is 13.3. The van der Waals surface area contributed by atoms with Crippen molar-refractivity contribution in [2.75, 3.05) is 10.6 Å². The molecule has 2 N–H and O–H groups in total. The summed E-state index contributed by atoms with van der Waals surface area (Å²) < 4.78 is 96.7. The number of halogens is 7. The van der Waals surface area contributed by atoms with Crippen LogP contribution in [-0.2, 0) is 17.9 Å². The predicted molar refractivity (Wildman–Crippen MR) is 219 cm³/mol. The van der Waals surface area contributed by atoms with Gasteiger partial charge in [0.25, 0.3) is 12.9 Å². The van der Waals surface area contributed by atoms with E-state index in [0.29, 0.717) is 45.4 Å². The minimum atomic E-state index is -5.08. The van der Waals surface area contributed by atoms with E-state index in [9.17, 15) is 35.5 Å². The van der Waals surface area contributed by atoms with Crippen molar-refractivity contribution in [2.24, 2.45) is 0 Å². The maximum absolute atomic E-state index is 13.3. The summed E-state index contributed by atoms with van der Waals surface area (Å²) in [6, 6.07) is 17.6.